The van der Waals surface area contributed by atoms with E-state index in [2.05, 4.69) is 57.8 Å². The predicted octanol–water partition coefficient (Wildman–Crippen LogP) is 4.71. The second-order valence-electron chi connectivity index (χ2n) is 8.36. The Kier molecular flexibility index (Phi) is 6.13. The number of hydrogen-bond donors (Lipinski definition) is 2. The molecule has 2 aromatic heterocycles. The summed E-state index contributed by atoms with van der Waals surface area (Å²) in [5, 5.41) is 1.07. The summed E-state index contributed by atoms with van der Waals surface area (Å²) in [6.45, 7) is 6.22. The van der Waals surface area contributed by atoms with E-state index in [1.54, 1.807) is 11.9 Å². The lowest BCUT2D eigenvalue weighted by molar-refractivity contribution is 0.0811. The van der Waals surface area contributed by atoms with E-state index in [0.29, 0.717) is 0 Å². The Hall–Kier alpha value is -2.02. The second kappa shape index (κ2) is 8.78. The van der Waals surface area contributed by atoms with E-state index < -0.39 is 0 Å². The highest BCUT2D eigenvalue weighted by molar-refractivity contribution is 7.96. The number of aromatic nitrogens is 2. The number of pyridine rings is 1. The predicted molar refractivity (Wildman–Crippen MR) is 122 cm³/mol. The molecular weight excluding hydrogens is 380 g/mol. The molecule has 1 aliphatic rings. The fraction of sp³-hybridized carbons (Fsp3) is 0.435. The van der Waals surface area contributed by atoms with Gasteiger partial charge >= 0.3 is 0 Å². The highest BCUT2D eigenvalue weighted by atomic mass is 32.2. The maximum atomic E-state index is 6.40. The number of aromatic amines is 1. The third-order valence-corrected chi connectivity index (χ3v) is 6.42. The minimum Gasteiger partial charge on any atom is -0.492 e. The van der Waals surface area contributed by atoms with Crippen LogP contribution in [0.3, 0.4) is 0 Å². The SMILES string of the molecule is CSNCc1ccc(-c2c[nH]c3nccc(OCC4(C)CCN(C)CC4)c23)cc1. The van der Waals surface area contributed by atoms with Crippen LogP contribution in [0.15, 0.2) is 42.7 Å². The lowest BCUT2D eigenvalue weighted by Gasteiger charge is -2.37. The summed E-state index contributed by atoms with van der Waals surface area (Å²) in [5.74, 6) is 0.916. The van der Waals surface area contributed by atoms with Gasteiger partial charge in [0, 0.05) is 29.9 Å². The van der Waals surface area contributed by atoms with Crippen LogP contribution in [0, 0.1) is 5.41 Å². The Bertz CT molecular complexity index is 945. The van der Waals surface area contributed by atoms with Crippen molar-refractivity contribution in [2.24, 2.45) is 5.41 Å². The Morgan fingerprint density at radius 1 is 1.21 bits per heavy atom. The van der Waals surface area contributed by atoms with Gasteiger partial charge < -0.3 is 14.6 Å². The highest BCUT2D eigenvalue weighted by Crippen LogP contribution is 2.37. The van der Waals surface area contributed by atoms with Crippen molar-refractivity contribution >= 4 is 23.0 Å². The summed E-state index contributed by atoms with van der Waals surface area (Å²) in [7, 11) is 2.20. The first-order valence-electron chi connectivity index (χ1n) is 10.2. The van der Waals surface area contributed by atoms with E-state index in [1.807, 2.05) is 24.7 Å². The van der Waals surface area contributed by atoms with Crippen molar-refractivity contribution in [3.63, 3.8) is 0 Å². The van der Waals surface area contributed by atoms with Gasteiger partial charge in [0.1, 0.15) is 11.4 Å². The van der Waals surface area contributed by atoms with Crippen LogP contribution in [0.25, 0.3) is 22.2 Å². The molecular formula is C23H30N4OS. The molecule has 154 valence electrons. The summed E-state index contributed by atoms with van der Waals surface area (Å²) in [6.07, 6.45) is 8.25. The number of hydrogen-bond acceptors (Lipinski definition) is 5. The zero-order valence-electron chi connectivity index (χ0n) is 17.5. The van der Waals surface area contributed by atoms with E-state index in [-0.39, 0.29) is 5.41 Å². The van der Waals surface area contributed by atoms with Gasteiger partial charge in [0.05, 0.1) is 12.0 Å². The number of benzene rings is 1. The molecule has 1 saturated heterocycles. The number of piperidine rings is 1. The molecule has 0 amide bonds. The topological polar surface area (TPSA) is 53.2 Å². The van der Waals surface area contributed by atoms with Crippen LogP contribution in [0.2, 0.25) is 0 Å². The zero-order valence-corrected chi connectivity index (χ0v) is 18.3. The van der Waals surface area contributed by atoms with Gasteiger partial charge in [-0.2, -0.15) is 0 Å². The van der Waals surface area contributed by atoms with E-state index >= 15 is 0 Å². The van der Waals surface area contributed by atoms with Crippen molar-refractivity contribution in [2.75, 3.05) is 33.0 Å². The molecule has 0 spiro atoms. The molecule has 1 aromatic carbocycles. The lowest BCUT2D eigenvalue weighted by Crippen LogP contribution is -2.39. The molecule has 5 nitrogen and oxygen atoms in total. The summed E-state index contributed by atoms with van der Waals surface area (Å²) in [4.78, 5) is 10.2. The second-order valence-corrected chi connectivity index (χ2v) is 9.06. The van der Waals surface area contributed by atoms with Crippen molar-refractivity contribution in [1.82, 2.24) is 19.6 Å². The minimum atomic E-state index is 0.227. The van der Waals surface area contributed by atoms with Gasteiger partial charge in [-0.25, -0.2) is 4.98 Å². The van der Waals surface area contributed by atoms with Crippen molar-refractivity contribution in [3.8, 4) is 16.9 Å². The van der Waals surface area contributed by atoms with Crippen molar-refractivity contribution < 1.29 is 4.74 Å². The van der Waals surface area contributed by atoms with E-state index in [4.69, 9.17) is 4.74 Å². The number of likely N-dealkylation sites (tertiary alicyclic amines) is 1. The monoisotopic (exact) mass is 410 g/mol. The number of ether oxygens (including phenoxy) is 1. The van der Waals surface area contributed by atoms with Crippen molar-refractivity contribution in [1.29, 1.82) is 0 Å². The van der Waals surface area contributed by atoms with Gasteiger partial charge in [-0.05, 0) is 56.4 Å². The summed E-state index contributed by atoms with van der Waals surface area (Å²) in [5.41, 5.74) is 4.69. The first kappa shape index (κ1) is 20.3. The fourth-order valence-corrected chi connectivity index (χ4v) is 4.20. The van der Waals surface area contributed by atoms with Crippen LogP contribution in [0.5, 0.6) is 5.75 Å². The van der Waals surface area contributed by atoms with Crippen LogP contribution in [0.4, 0.5) is 0 Å². The average Bonchev–Trinajstić information content (AvgIpc) is 3.18. The van der Waals surface area contributed by atoms with Gasteiger partial charge in [-0.15, -0.1) is 0 Å². The number of H-pyrrole nitrogens is 1. The van der Waals surface area contributed by atoms with Gasteiger partial charge in [0.2, 0.25) is 0 Å². The molecule has 0 saturated carbocycles. The van der Waals surface area contributed by atoms with Crippen LogP contribution in [0.1, 0.15) is 25.3 Å². The summed E-state index contributed by atoms with van der Waals surface area (Å²) in [6, 6.07) is 10.7. The summed E-state index contributed by atoms with van der Waals surface area (Å²) >= 11 is 1.64. The molecule has 0 aliphatic carbocycles. The molecule has 4 rings (SSSR count). The van der Waals surface area contributed by atoms with Gasteiger partial charge in [0.15, 0.2) is 0 Å². The molecule has 0 atom stereocenters. The van der Waals surface area contributed by atoms with Crippen LogP contribution in [-0.2, 0) is 6.54 Å². The average molecular weight is 411 g/mol. The lowest BCUT2D eigenvalue weighted by atomic mass is 9.81. The first-order chi connectivity index (χ1) is 14.1. The number of fused-ring (bicyclic) bond motifs is 1. The first-order valence-corrected chi connectivity index (χ1v) is 11.4. The number of rotatable bonds is 7. The normalized spacial score (nSPS) is 16.9. The van der Waals surface area contributed by atoms with E-state index in [1.165, 1.54) is 24.0 Å². The van der Waals surface area contributed by atoms with E-state index in [9.17, 15) is 0 Å². The zero-order chi connectivity index (χ0) is 20.3. The third kappa shape index (κ3) is 4.60. The van der Waals surface area contributed by atoms with Crippen LogP contribution < -0.4 is 9.46 Å². The molecule has 6 heteroatoms. The number of nitrogens with one attached hydrogen (secondary N) is 2. The molecule has 1 fully saturated rings. The van der Waals surface area contributed by atoms with Crippen molar-refractivity contribution in [2.45, 2.75) is 26.3 Å². The fourth-order valence-electron chi connectivity index (χ4n) is 3.89. The Labute approximate surface area is 177 Å². The molecule has 2 N–H and O–H groups in total. The van der Waals surface area contributed by atoms with Crippen LogP contribution in [-0.4, -0.2) is 47.9 Å². The third-order valence-electron chi connectivity index (χ3n) is 5.99. The van der Waals surface area contributed by atoms with Crippen molar-refractivity contribution in [3.05, 3.63) is 48.3 Å². The van der Waals surface area contributed by atoms with Gasteiger partial charge in [-0.3, -0.25) is 4.72 Å². The molecule has 29 heavy (non-hydrogen) atoms. The molecule has 3 heterocycles. The molecule has 0 unspecified atom stereocenters. The van der Waals surface area contributed by atoms with Gasteiger partial charge in [-0.1, -0.05) is 43.1 Å². The maximum Gasteiger partial charge on any atom is 0.141 e. The molecule has 0 radical (unpaired) electrons. The Morgan fingerprint density at radius 2 is 1.97 bits per heavy atom. The molecule has 3 aromatic rings. The molecule has 0 bridgehead atoms. The largest absolute Gasteiger partial charge is 0.492 e. The quantitative estimate of drug-likeness (QED) is 0.553. The maximum absolute atomic E-state index is 6.40. The standard InChI is InChI=1S/C23H30N4OS/c1-23(9-12-27(2)13-10-23)16-28-20-8-11-24-22-21(20)19(15-25-22)18-6-4-17(5-7-18)14-26-29-3/h4-8,11,15,26H,9-10,12-14,16H2,1-3H3,(H,24,25). The minimum absolute atomic E-state index is 0.227. The highest BCUT2D eigenvalue weighted by Gasteiger charge is 2.30. The number of nitrogens with zero attached hydrogens (tertiary/aromatic N) is 2. The smallest absolute Gasteiger partial charge is 0.141 e. The molecule has 1 aliphatic heterocycles. The van der Waals surface area contributed by atoms with Gasteiger partial charge in [0.25, 0.3) is 0 Å². The van der Waals surface area contributed by atoms with E-state index in [0.717, 1.165) is 48.6 Å². The Morgan fingerprint density at radius 3 is 2.69 bits per heavy atom. The summed E-state index contributed by atoms with van der Waals surface area (Å²) < 4.78 is 9.69. The Balaban J connectivity index is 1.57. The van der Waals surface area contributed by atoms with Crippen LogP contribution >= 0.6 is 11.9 Å².